The van der Waals surface area contributed by atoms with E-state index in [4.69, 9.17) is 0 Å². The Kier molecular flexibility index (Phi) is 4.38. The van der Waals surface area contributed by atoms with Gasteiger partial charge in [0.1, 0.15) is 0 Å². The minimum absolute atomic E-state index is 1.12. The molecule has 0 fully saturated rings. The van der Waals surface area contributed by atoms with Gasteiger partial charge in [0.25, 0.3) is 0 Å². The molecule has 0 spiro atoms. The van der Waals surface area contributed by atoms with Gasteiger partial charge in [-0.05, 0) is 90.0 Å². The number of hydrogen-bond acceptors (Lipinski definition) is 0. The quantitative estimate of drug-likeness (QED) is 0.245. The average Bonchev–Trinajstić information content (AvgIpc) is 2.91. The maximum Gasteiger partial charge on any atom is -0.00262 e. The van der Waals surface area contributed by atoms with Crippen LogP contribution in [0.3, 0.4) is 0 Å². The summed E-state index contributed by atoms with van der Waals surface area (Å²) in [6.45, 7) is 0. The molecule has 0 bridgehead atoms. The molecule has 0 atom stereocenters. The molecular weight excluding hydrogens is 408 g/mol. The van der Waals surface area contributed by atoms with Crippen LogP contribution in [-0.4, -0.2) is 0 Å². The summed E-state index contributed by atoms with van der Waals surface area (Å²) in [5, 5.41) is 10.5. The normalized spacial score (nSPS) is 12.9. The summed E-state index contributed by atoms with van der Waals surface area (Å²) in [5.74, 6) is 0. The lowest BCUT2D eigenvalue weighted by atomic mass is 9.85. The molecule has 0 aromatic heterocycles. The minimum atomic E-state index is 1.12. The Morgan fingerprint density at radius 3 is 1.53 bits per heavy atom. The van der Waals surface area contributed by atoms with Gasteiger partial charge < -0.3 is 0 Å². The second kappa shape index (κ2) is 7.71. The van der Waals surface area contributed by atoms with Crippen LogP contribution in [0.15, 0.2) is 109 Å². The number of hydrogen-bond donors (Lipinski definition) is 0. The van der Waals surface area contributed by atoms with Crippen molar-refractivity contribution in [2.45, 2.75) is 12.8 Å². The van der Waals surface area contributed by atoms with Crippen molar-refractivity contribution in [1.82, 2.24) is 0 Å². The van der Waals surface area contributed by atoms with E-state index in [1.807, 2.05) is 0 Å². The van der Waals surface area contributed by atoms with Crippen molar-refractivity contribution in [3.8, 4) is 22.3 Å². The Morgan fingerprint density at radius 2 is 0.882 bits per heavy atom. The van der Waals surface area contributed by atoms with E-state index in [9.17, 15) is 0 Å². The van der Waals surface area contributed by atoms with Gasteiger partial charge in [0.15, 0.2) is 0 Å². The largest absolute Gasteiger partial charge is 0.0764 e. The first kappa shape index (κ1) is 19.3. The van der Waals surface area contributed by atoms with Gasteiger partial charge in [-0.25, -0.2) is 0 Å². The third kappa shape index (κ3) is 2.99. The highest BCUT2D eigenvalue weighted by atomic mass is 14.2. The summed E-state index contributed by atoms with van der Waals surface area (Å²) in [4.78, 5) is 0. The maximum atomic E-state index is 2.38. The van der Waals surface area contributed by atoms with Crippen LogP contribution in [0.25, 0.3) is 66.7 Å². The van der Waals surface area contributed by atoms with Crippen molar-refractivity contribution in [1.29, 1.82) is 0 Å². The van der Waals surface area contributed by atoms with Crippen LogP contribution in [0.2, 0.25) is 0 Å². The standard InChI is InChI=1S/C34H24/c1-3-11-25-21-27(19-17-23(25)9-1)33-29-13-5-7-15-31(29)34(32-16-8-6-14-30(32)33)28-20-18-24-10-2-4-12-26(24)22-28/h1,3,5-22H,2,4H2. The summed E-state index contributed by atoms with van der Waals surface area (Å²) in [6.07, 6.45) is 7.00. The Hall–Kier alpha value is -4.16. The minimum Gasteiger partial charge on any atom is -0.0764 e. The van der Waals surface area contributed by atoms with Gasteiger partial charge in [0, 0.05) is 0 Å². The molecule has 0 heterocycles. The third-order valence-electron chi connectivity index (χ3n) is 7.24. The molecule has 0 saturated heterocycles. The van der Waals surface area contributed by atoms with E-state index in [2.05, 4.69) is 121 Å². The van der Waals surface area contributed by atoms with Crippen molar-refractivity contribution in [2.75, 3.05) is 0 Å². The smallest absolute Gasteiger partial charge is 0.00262 e. The molecule has 0 nitrogen and oxygen atoms in total. The molecule has 0 unspecified atom stereocenters. The highest BCUT2D eigenvalue weighted by molar-refractivity contribution is 6.21. The molecule has 0 heteroatoms. The Bertz CT molecular complexity index is 1800. The average molecular weight is 433 g/mol. The first-order valence-corrected chi connectivity index (χ1v) is 12.1. The molecule has 1 aliphatic carbocycles. The van der Waals surface area contributed by atoms with Crippen molar-refractivity contribution < 1.29 is 0 Å². The summed E-state index contributed by atoms with van der Waals surface area (Å²) in [7, 11) is 0. The topological polar surface area (TPSA) is 0 Å². The Morgan fingerprint density at radius 1 is 0.382 bits per heavy atom. The molecule has 0 saturated carbocycles. The van der Waals surface area contributed by atoms with Crippen LogP contribution in [0.4, 0.5) is 0 Å². The van der Waals surface area contributed by atoms with Gasteiger partial charge in [0.05, 0.1) is 0 Å². The van der Waals surface area contributed by atoms with E-state index in [1.54, 1.807) is 0 Å². The van der Waals surface area contributed by atoms with Crippen LogP contribution in [0.1, 0.15) is 12.8 Å². The van der Waals surface area contributed by atoms with E-state index < -0.39 is 0 Å². The summed E-state index contributed by atoms with van der Waals surface area (Å²) < 4.78 is 0. The van der Waals surface area contributed by atoms with Crippen LogP contribution in [-0.2, 0) is 0 Å². The first-order chi connectivity index (χ1) is 16.9. The van der Waals surface area contributed by atoms with Crippen molar-refractivity contribution in [3.63, 3.8) is 0 Å². The van der Waals surface area contributed by atoms with Gasteiger partial charge >= 0.3 is 0 Å². The fourth-order valence-electron chi connectivity index (χ4n) is 5.67. The van der Waals surface area contributed by atoms with Gasteiger partial charge in [-0.2, -0.15) is 0 Å². The fourth-order valence-corrected chi connectivity index (χ4v) is 5.67. The summed E-state index contributed by atoms with van der Waals surface area (Å²) in [6, 6.07) is 40.3. The zero-order valence-electron chi connectivity index (χ0n) is 19.0. The second-order valence-corrected chi connectivity index (χ2v) is 9.23. The predicted molar refractivity (Wildman–Crippen MR) is 147 cm³/mol. The van der Waals surface area contributed by atoms with E-state index in [0.29, 0.717) is 0 Å². The van der Waals surface area contributed by atoms with Crippen molar-refractivity contribution >= 4 is 44.5 Å². The molecule has 0 amide bonds. The molecular formula is C34H24. The van der Waals surface area contributed by atoms with E-state index in [0.717, 1.165) is 12.8 Å². The van der Waals surface area contributed by atoms with Crippen LogP contribution in [0, 0.1) is 0 Å². The van der Waals surface area contributed by atoms with E-state index >= 15 is 0 Å². The molecule has 0 N–H and O–H groups in total. The molecule has 6 aromatic carbocycles. The summed E-state index contributed by atoms with van der Waals surface area (Å²) in [5.41, 5.74) is 5.21. The maximum absolute atomic E-state index is 2.38. The van der Waals surface area contributed by atoms with Crippen molar-refractivity contribution in [3.05, 3.63) is 120 Å². The number of rotatable bonds is 2. The molecule has 160 valence electrons. The third-order valence-corrected chi connectivity index (χ3v) is 7.24. The predicted octanol–water partition coefficient (Wildman–Crippen LogP) is 7.84. The first-order valence-electron chi connectivity index (χ1n) is 12.1. The van der Waals surface area contributed by atoms with Gasteiger partial charge in [-0.1, -0.05) is 109 Å². The van der Waals surface area contributed by atoms with Crippen molar-refractivity contribution in [2.24, 2.45) is 0 Å². The lowest BCUT2D eigenvalue weighted by Crippen LogP contribution is -2.26. The second-order valence-electron chi connectivity index (χ2n) is 9.23. The fraction of sp³-hybridized carbons (Fsp3) is 0.0588. The van der Waals surface area contributed by atoms with Gasteiger partial charge in [0.2, 0.25) is 0 Å². The Balaban J connectivity index is 1.61. The van der Waals surface area contributed by atoms with E-state index in [1.165, 1.54) is 65.0 Å². The summed E-state index contributed by atoms with van der Waals surface area (Å²) >= 11 is 0. The SMILES string of the molecule is C1=c2ccc(-c3c4ccccc4c(-c4ccc5ccccc5c4)c4ccccc34)cc2=CCC1. The monoisotopic (exact) mass is 432 g/mol. The molecule has 6 aromatic rings. The van der Waals surface area contributed by atoms with Crippen LogP contribution < -0.4 is 10.4 Å². The molecule has 1 aliphatic rings. The number of fused-ring (bicyclic) bond motifs is 4. The highest BCUT2D eigenvalue weighted by Crippen LogP contribution is 2.43. The highest BCUT2D eigenvalue weighted by Gasteiger charge is 2.16. The van der Waals surface area contributed by atoms with Gasteiger partial charge in [-0.15, -0.1) is 0 Å². The molecule has 0 aliphatic heterocycles. The molecule has 34 heavy (non-hydrogen) atoms. The zero-order chi connectivity index (χ0) is 22.5. The lowest BCUT2D eigenvalue weighted by Gasteiger charge is -2.18. The van der Waals surface area contributed by atoms with Crippen LogP contribution >= 0.6 is 0 Å². The zero-order valence-corrected chi connectivity index (χ0v) is 19.0. The molecule has 0 radical (unpaired) electrons. The molecule has 7 rings (SSSR count). The van der Waals surface area contributed by atoms with E-state index in [-0.39, 0.29) is 0 Å². The Labute approximate surface area is 199 Å². The van der Waals surface area contributed by atoms with Crippen LogP contribution in [0.5, 0.6) is 0 Å². The lowest BCUT2D eigenvalue weighted by molar-refractivity contribution is 1.12. The van der Waals surface area contributed by atoms with Gasteiger partial charge in [-0.3, -0.25) is 0 Å². The number of benzene rings is 6.